The van der Waals surface area contributed by atoms with Crippen molar-refractivity contribution in [1.29, 1.82) is 0 Å². The third kappa shape index (κ3) is 4.26. The SMILES string of the molecule is O=C1[C@@H]2[C@H]3CC[C@H](C3)[C@@H]2C(=O)N1C#C/C=C/[C@@H]1CCCC[C@H]1CN1CCN(c2nsc3ccccc23)CC1. The molecule has 0 spiro atoms. The summed E-state index contributed by atoms with van der Waals surface area (Å²) in [6.07, 6.45) is 12.5. The van der Waals surface area contributed by atoms with E-state index < -0.39 is 0 Å². The maximum absolute atomic E-state index is 12.9. The smallest absolute Gasteiger partial charge is 0.245 e. The summed E-state index contributed by atoms with van der Waals surface area (Å²) < 4.78 is 6.02. The van der Waals surface area contributed by atoms with E-state index in [1.54, 1.807) is 11.5 Å². The van der Waals surface area contributed by atoms with E-state index in [4.69, 9.17) is 4.37 Å². The van der Waals surface area contributed by atoms with Gasteiger partial charge >= 0.3 is 0 Å². The fourth-order valence-corrected chi connectivity index (χ4v) is 8.88. The first-order chi connectivity index (χ1) is 18.7. The van der Waals surface area contributed by atoms with Gasteiger partial charge in [-0.25, -0.2) is 4.90 Å². The van der Waals surface area contributed by atoms with Crippen LogP contribution in [0.5, 0.6) is 0 Å². The number of carbonyl (C=O) groups is 2. The molecule has 3 saturated carbocycles. The Bertz CT molecular complexity index is 1290. The summed E-state index contributed by atoms with van der Waals surface area (Å²) in [5, 5.41) is 1.28. The molecule has 2 aromatic rings. The second-order valence-corrected chi connectivity index (χ2v) is 12.8. The number of nitrogens with zero attached hydrogens (tertiary/aromatic N) is 4. The standard InChI is InChI=1S/C31H36N4O2S/c36-30-27-22-12-13-23(19-22)28(27)31(37)35(30)14-6-5-8-21-7-1-2-9-24(21)20-33-15-17-34(18-16-33)29-25-10-3-4-11-26(25)38-32-29/h3-5,8,10-11,21-24,27-28H,1-2,7,9,12-13,15-20H2/b8-5+/t21-,22-,23+,24-,27+,28-/m0/s1. The van der Waals surface area contributed by atoms with Crippen LogP contribution in [0.1, 0.15) is 44.9 Å². The van der Waals surface area contributed by atoms with Crippen LogP contribution in [-0.4, -0.2) is 58.7 Å². The lowest BCUT2D eigenvalue weighted by molar-refractivity contribution is -0.136. The predicted molar refractivity (Wildman–Crippen MR) is 150 cm³/mol. The third-order valence-corrected chi connectivity index (χ3v) is 10.8. The van der Waals surface area contributed by atoms with Gasteiger partial charge in [0.05, 0.1) is 16.5 Å². The van der Waals surface area contributed by atoms with Crippen LogP contribution in [-0.2, 0) is 9.59 Å². The van der Waals surface area contributed by atoms with Crippen molar-refractivity contribution in [3.05, 3.63) is 36.4 Å². The number of piperazine rings is 1. The summed E-state index contributed by atoms with van der Waals surface area (Å²) in [5.74, 6) is 5.94. The number of likely N-dealkylation sites (tertiary alicyclic amines) is 1. The molecule has 2 saturated heterocycles. The Morgan fingerprint density at radius 2 is 1.68 bits per heavy atom. The largest absolute Gasteiger partial charge is 0.353 e. The van der Waals surface area contributed by atoms with Crippen molar-refractivity contribution in [3.8, 4) is 12.0 Å². The van der Waals surface area contributed by atoms with E-state index in [-0.39, 0.29) is 23.7 Å². The molecule has 7 rings (SSSR count). The lowest BCUT2D eigenvalue weighted by Crippen LogP contribution is -2.48. The van der Waals surface area contributed by atoms with Gasteiger partial charge in [0.2, 0.25) is 11.8 Å². The normalized spacial score (nSPS) is 33.4. The van der Waals surface area contributed by atoms with Gasteiger partial charge in [-0.1, -0.05) is 37.0 Å². The zero-order valence-electron chi connectivity index (χ0n) is 21.9. The molecule has 1 aromatic heterocycles. The van der Waals surface area contributed by atoms with Crippen molar-refractivity contribution in [2.24, 2.45) is 35.5 Å². The Labute approximate surface area is 229 Å². The summed E-state index contributed by atoms with van der Waals surface area (Å²) in [6.45, 7) is 5.32. The molecule has 2 bridgehead atoms. The van der Waals surface area contributed by atoms with Crippen molar-refractivity contribution in [2.45, 2.75) is 44.9 Å². The number of amides is 2. The first-order valence-corrected chi connectivity index (χ1v) is 15.3. The minimum Gasteiger partial charge on any atom is -0.353 e. The molecular formula is C31H36N4O2S. The molecular weight excluding hydrogens is 492 g/mol. The van der Waals surface area contributed by atoms with Gasteiger partial charge in [-0.15, -0.1) is 0 Å². The predicted octanol–water partition coefficient (Wildman–Crippen LogP) is 4.77. The first kappa shape index (κ1) is 24.4. The van der Waals surface area contributed by atoms with Gasteiger partial charge in [-0.2, -0.15) is 4.37 Å². The molecule has 6 atom stereocenters. The number of hydrogen-bond donors (Lipinski definition) is 0. The lowest BCUT2D eigenvalue weighted by Gasteiger charge is -2.39. The molecule has 2 aliphatic heterocycles. The minimum absolute atomic E-state index is 0.0339. The molecule has 1 aromatic carbocycles. The topological polar surface area (TPSA) is 56.8 Å². The highest BCUT2D eigenvalue weighted by Gasteiger charge is 2.60. The van der Waals surface area contributed by atoms with Crippen LogP contribution in [0, 0.1) is 47.5 Å². The average Bonchev–Trinajstić information content (AvgIpc) is 3.72. The monoisotopic (exact) mass is 528 g/mol. The maximum atomic E-state index is 12.9. The van der Waals surface area contributed by atoms with Crippen molar-refractivity contribution in [2.75, 3.05) is 37.6 Å². The summed E-state index contributed by atoms with van der Waals surface area (Å²) in [5.41, 5.74) is 0. The Morgan fingerprint density at radius 1 is 0.947 bits per heavy atom. The van der Waals surface area contributed by atoms with E-state index in [0.29, 0.717) is 23.7 Å². The van der Waals surface area contributed by atoms with E-state index in [2.05, 4.69) is 52.1 Å². The molecule has 0 N–H and O–H groups in total. The number of fused-ring (bicyclic) bond motifs is 6. The fourth-order valence-electron chi connectivity index (χ4n) is 8.08. The summed E-state index contributed by atoms with van der Waals surface area (Å²) in [7, 11) is 0. The number of hydrogen-bond acceptors (Lipinski definition) is 6. The van der Waals surface area contributed by atoms with Crippen molar-refractivity contribution < 1.29 is 9.59 Å². The number of anilines is 1. The summed E-state index contributed by atoms with van der Waals surface area (Å²) in [4.78, 5) is 32.1. The highest BCUT2D eigenvalue weighted by atomic mass is 32.1. The Balaban J connectivity index is 0.951. The molecule has 2 amide bonds. The van der Waals surface area contributed by atoms with E-state index in [0.717, 1.165) is 57.8 Å². The van der Waals surface area contributed by atoms with Crippen LogP contribution in [0.3, 0.4) is 0 Å². The van der Waals surface area contributed by atoms with Crippen LogP contribution in [0.15, 0.2) is 36.4 Å². The Morgan fingerprint density at radius 3 is 2.47 bits per heavy atom. The summed E-state index contributed by atoms with van der Waals surface area (Å²) >= 11 is 1.60. The number of rotatable bonds is 4. The molecule has 7 heteroatoms. The van der Waals surface area contributed by atoms with Crippen LogP contribution in [0.4, 0.5) is 5.82 Å². The van der Waals surface area contributed by atoms with Gasteiger partial charge in [0.1, 0.15) is 5.82 Å². The van der Waals surface area contributed by atoms with Crippen molar-refractivity contribution in [3.63, 3.8) is 0 Å². The molecule has 6 nitrogen and oxygen atoms in total. The van der Waals surface area contributed by atoms with Gasteiger partial charge in [0.15, 0.2) is 0 Å². The molecule has 3 aliphatic carbocycles. The van der Waals surface area contributed by atoms with Crippen molar-refractivity contribution in [1.82, 2.24) is 14.2 Å². The Hall–Kier alpha value is -2.69. The second kappa shape index (κ2) is 10.1. The average molecular weight is 529 g/mol. The highest BCUT2D eigenvalue weighted by molar-refractivity contribution is 7.13. The molecule has 198 valence electrons. The van der Waals surface area contributed by atoms with Gasteiger partial charge in [-0.3, -0.25) is 14.5 Å². The van der Waals surface area contributed by atoms with E-state index >= 15 is 0 Å². The van der Waals surface area contributed by atoms with E-state index in [1.807, 2.05) is 6.08 Å². The van der Waals surface area contributed by atoms with Crippen molar-refractivity contribution >= 4 is 39.3 Å². The van der Waals surface area contributed by atoms with E-state index in [9.17, 15) is 9.59 Å². The fraction of sp³-hybridized carbons (Fsp3) is 0.581. The number of imide groups is 1. The molecule has 38 heavy (non-hydrogen) atoms. The van der Waals surface area contributed by atoms with Gasteiger partial charge in [-0.05, 0) is 85.5 Å². The maximum Gasteiger partial charge on any atom is 0.245 e. The minimum atomic E-state index is -0.0861. The van der Waals surface area contributed by atoms with Gasteiger partial charge in [0.25, 0.3) is 0 Å². The molecule has 5 fully saturated rings. The molecule has 3 heterocycles. The van der Waals surface area contributed by atoms with E-state index in [1.165, 1.54) is 40.7 Å². The second-order valence-electron chi connectivity index (χ2n) is 12.0. The lowest BCUT2D eigenvalue weighted by atomic mass is 9.78. The number of benzene rings is 1. The third-order valence-electron chi connectivity index (χ3n) is 10.0. The molecule has 5 aliphatic rings. The van der Waals surface area contributed by atoms with Gasteiger partial charge < -0.3 is 4.90 Å². The van der Waals surface area contributed by atoms with Gasteiger partial charge in [0, 0.05) is 44.2 Å². The number of aromatic nitrogens is 1. The number of carbonyl (C=O) groups excluding carboxylic acids is 2. The van der Waals surface area contributed by atoms with Crippen LogP contribution >= 0.6 is 11.5 Å². The quantitative estimate of drug-likeness (QED) is 0.423. The zero-order valence-corrected chi connectivity index (χ0v) is 22.7. The Kier molecular flexibility index (Phi) is 6.49. The van der Waals surface area contributed by atoms with Crippen LogP contribution < -0.4 is 4.90 Å². The molecule has 0 radical (unpaired) electrons. The summed E-state index contributed by atoms with van der Waals surface area (Å²) in [6, 6.07) is 11.5. The van der Waals surface area contributed by atoms with Crippen LogP contribution in [0.2, 0.25) is 0 Å². The zero-order chi connectivity index (χ0) is 25.6. The highest BCUT2D eigenvalue weighted by Crippen LogP contribution is 2.56. The first-order valence-electron chi connectivity index (χ1n) is 14.5. The number of allylic oxidation sites excluding steroid dienone is 2. The van der Waals surface area contributed by atoms with Crippen LogP contribution in [0.25, 0.3) is 10.1 Å². The molecule has 0 unspecified atom stereocenters.